The Hall–Kier alpha value is -1.06. The highest BCUT2D eigenvalue weighted by molar-refractivity contribution is 5.85. The summed E-state index contributed by atoms with van der Waals surface area (Å²) in [6.45, 7) is 8.26. The number of carbonyl (C=O) groups excluding carboxylic acids is 1. The summed E-state index contributed by atoms with van der Waals surface area (Å²) in [6, 6.07) is 8.17. The van der Waals surface area contributed by atoms with Crippen LogP contribution in [0.4, 0.5) is 0 Å². The van der Waals surface area contributed by atoms with Gasteiger partial charge in [0.15, 0.2) is 0 Å². The maximum Gasteiger partial charge on any atom is 0.224 e. The largest absolute Gasteiger partial charge is 0.347 e. The Morgan fingerprint density at radius 3 is 2.56 bits per heavy atom. The van der Waals surface area contributed by atoms with E-state index in [-0.39, 0.29) is 29.8 Å². The zero-order valence-corrected chi connectivity index (χ0v) is 12.3. The molecule has 0 aliphatic carbocycles. The van der Waals surface area contributed by atoms with Gasteiger partial charge in [0.1, 0.15) is 0 Å². The van der Waals surface area contributed by atoms with Gasteiger partial charge in [-0.15, -0.1) is 12.4 Å². The second kappa shape index (κ2) is 6.76. The zero-order chi connectivity index (χ0) is 13.1. The fourth-order valence-corrected chi connectivity index (χ4v) is 1.64. The number of hydrogen-bond acceptors (Lipinski definition) is 2. The van der Waals surface area contributed by atoms with Crippen molar-refractivity contribution in [2.24, 2.45) is 11.7 Å². The Morgan fingerprint density at radius 2 is 2.06 bits per heavy atom. The van der Waals surface area contributed by atoms with E-state index in [0.29, 0.717) is 6.54 Å². The number of amides is 1. The molecular weight excluding hydrogens is 248 g/mol. The van der Waals surface area contributed by atoms with E-state index in [1.807, 2.05) is 45.9 Å². The molecule has 1 aromatic rings. The minimum atomic E-state index is -0.369. The van der Waals surface area contributed by atoms with E-state index in [4.69, 9.17) is 5.73 Å². The van der Waals surface area contributed by atoms with Gasteiger partial charge in [-0.2, -0.15) is 0 Å². The molecule has 1 unspecified atom stereocenters. The minimum Gasteiger partial charge on any atom is -0.347 e. The third-order valence-corrected chi connectivity index (χ3v) is 2.98. The van der Waals surface area contributed by atoms with Gasteiger partial charge in [0, 0.05) is 12.5 Å². The lowest BCUT2D eigenvalue weighted by Crippen LogP contribution is -2.44. The van der Waals surface area contributed by atoms with Crippen molar-refractivity contribution in [3.63, 3.8) is 0 Å². The molecule has 1 rings (SSSR count). The Morgan fingerprint density at radius 1 is 1.44 bits per heavy atom. The van der Waals surface area contributed by atoms with Crippen LogP contribution in [0.5, 0.6) is 0 Å². The van der Waals surface area contributed by atoms with Crippen LogP contribution >= 0.6 is 12.4 Å². The molecule has 0 fully saturated rings. The quantitative estimate of drug-likeness (QED) is 0.883. The lowest BCUT2D eigenvalue weighted by Gasteiger charge is -2.28. The topological polar surface area (TPSA) is 55.1 Å². The predicted molar refractivity (Wildman–Crippen MR) is 77.8 cm³/mol. The first-order valence-electron chi connectivity index (χ1n) is 5.96. The van der Waals surface area contributed by atoms with Crippen LogP contribution < -0.4 is 11.1 Å². The van der Waals surface area contributed by atoms with Crippen molar-refractivity contribution in [1.82, 2.24) is 5.32 Å². The van der Waals surface area contributed by atoms with E-state index < -0.39 is 0 Å². The number of aryl methyl sites for hydroxylation is 1. The summed E-state index contributed by atoms with van der Waals surface area (Å²) in [4.78, 5) is 11.9. The van der Waals surface area contributed by atoms with Crippen LogP contribution in [0.3, 0.4) is 0 Å². The number of hydrogen-bond donors (Lipinski definition) is 2. The predicted octanol–water partition coefficient (Wildman–Crippen LogP) is 2.36. The van der Waals surface area contributed by atoms with Gasteiger partial charge in [0.2, 0.25) is 5.91 Å². The monoisotopic (exact) mass is 270 g/mol. The molecule has 0 aliphatic heterocycles. The lowest BCUT2D eigenvalue weighted by molar-refractivity contribution is -0.125. The normalized spacial score (nSPS) is 12.5. The molecule has 0 heterocycles. The molecule has 3 nitrogen and oxygen atoms in total. The first-order chi connectivity index (χ1) is 7.86. The lowest BCUT2D eigenvalue weighted by atomic mass is 9.92. The molecule has 102 valence electrons. The van der Waals surface area contributed by atoms with Crippen LogP contribution in [0.2, 0.25) is 0 Å². The Kier molecular flexibility index (Phi) is 6.36. The summed E-state index contributed by atoms with van der Waals surface area (Å²) in [6.07, 6.45) is 0. The van der Waals surface area contributed by atoms with Crippen LogP contribution in [-0.4, -0.2) is 12.5 Å². The summed E-state index contributed by atoms with van der Waals surface area (Å²) in [5.41, 5.74) is 7.42. The third-order valence-electron chi connectivity index (χ3n) is 2.98. The molecule has 0 spiro atoms. The summed E-state index contributed by atoms with van der Waals surface area (Å²) >= 11 is 0. The maximum absolute atomic E-state index is 11.9. The van der Waals surface area contributed by atoms with Crippen LogP contribution in [0, 0.1) is 12.8 Å². The highest BCUT2D eigenvalue weighted by Crippen LogP contribution is 2.21. The summed E-state index contributed by atoms with van der Waals surface area (Å²) < 4.78 is 0. The van der Waals surface area contributed by atoms with E-state index in [0.717, 1.165) is 5.56 Å². The van der Waals surface area contributed by atoms with E-state index in [9.17, 15) is 4.79 Å². The van der Waals surface area contributed by atoms with Gasteiger partial charge >= 0.3 is 0 Å². The average Bonchev–Trinajstić information content (AvgIpc) is 2.27. The van der Waals surface area contributed by atoms with Crippen molar-refractivity contribution >= 4 is 18.3 Å². The third kappa shape index (κ3) is 4.31. The second-order valence-electron chi connectivity index (χ2n) is 5.12. The number of nitrogens with one attached hydrogen (secondary N) is 1. The van der Waals surface area contributed by atoms with E-state index in [2.05, 4.69) is 11.4 Å². The van der Waals surface area contributed by atoms with E-state index >= 15 is 0 Å². The highest BCUT2D eigenvalue weighted by Gasteiger charge is 2.24. The van der Waals surface area contributed by atoms with Crippen LogP contribution in [0.15, 0.2) is 24.3 Å². The highest BCUT2D eigenvalue weighted by atomic mass is 35.5. The Labute approximate surface area is 116 Å². The smallest absolute Gasteiger partial charge is 0.224 e. The van der Waals surface area contributed by atoms with Gasteiger partial charge in [-0.1, -0.05) is 36.8 Å². The molecule has 0 saturated heterocycles. The van der Waals surface area contributed by atoms with Crippen molar-refractivity contribution in [2.45, 2.75) is 33.2 Å². The summed E-state index contributed by atoms with van der Waals surface area (Å²) in [5, 5.41) is 3.03. The van der Waals surface area contributed by atoms with E-state index in [1.54, 1.807) is 0 Å². The molecule has 1 amide bonds. The maximum atomic E-state index is 11.9. The number of halogens is 1. The molecule has 0 aliphatic rings. The molecular formula is C14H23ClN2O. The first kappa shape index (κ1) is 16.9. The zero-order valence-electron chi connectivity index (χ0n) is 11.5. The fourth-order valence-electron chi connectivity index (χ4n) is 1.64. The van der Waals surface area contributed by atoms with Gasteiger partial charge in [0.25, 0.3) is 0 Å². The minimum absolute atomic E-state index is 0. The molecule has 3 N–H and O–H groups in total. The Bertz CT molecular complexity index is 405. The van der Waals surface area contributed by atoms with Crippen molar-refractivity contribution < 1.29 is 4.79 Å². The van der Waals surface area contributed by atoms with Crippen molar-refractivity contribution in [1.29, 1.82) is 0 Å². The van der Waals surface area contributed by atoms with Gasteiger partial charge in [-0.05, 0) is 26.3 Å². The van der Waals surface area contributed by atoms with Crippen molar-refractivity contribution in [2.75, 3.05) is 6.54 Å². The van der Waals surface area contributed by atoms with Gasteiger partial charge in [-0.3, -0.25) is 4.79 Å². The van der Waals surface area contributed by atoms with Gasteiger partial charge in [-0.25, -0.2) is 0 Å². The molecule has 4 heteroatoms. The SMILES string of the molecule is Cc1cccc(C(C)(C)NC(=O)C(C)CN)c1.Cl. The standard InChI is InChI=1S/C14H22N2O.ClH/c1-10-6-5-7-12(8-10)14(3,4)16-13(17)11(2)9-15;/h5-8,11H,9,15H2,1-4H3,(H,16,17);1H. The van der Waals surface area contributed by atoms with Crippen molar-refractivity contribution in [3.05, 3.63) is 35.4 Å². The average molecular weight is 271 g/mol. The molecule has 18 heavy (non-hydrogen) atoms. The molecule has 0 saturated carbocycles. The van der Waals surface area contributed by atoms with Crippen LogP contribution in [-0.2, 0) is 10.3 Å². The fraction of sp³-hybridized carbons (Fsp3) is 0.500. The molecule has 1 aromatic carbocycles. The van der Waals surface area contributed by atoms with Crippen molar-refractivity contribution in [3.8, 4) is 0 Å². The molecule has 0 bridgehead atoms. The summed E-state index contributed by atoms with van der Waals surface area (Å²) in [5.74, 6) is -0.155. The van der Waals surface area contributed by atoms with Crippen LogP contribution in [0.25, 0.3) is 0 Å². The number of benzene rings is 1. The van der Waals surface area contributed by atoms with E-state index in [1.165, 1.54) is 5.56 Å². The molecule has 0 aromatic heterocycles. The number of rotatable bonds is 4. The molecule has 1 atom stereocenters. The van der Waals surface area contributed by atoms with Gasteiger partial charge in [0.05, 0.1) is 5.54 Å². The summed E-state index contributed by atoms with van der Waals surface area (Å²) in [7, 11) is 0. The Balaban J connectivity index is 0.00000289. The first-order valence-corrected chi connectivity index (χ1v) is 5.96. The second-order valence-corrected chi connectivity index (χ2v) is 5.12. The van der Waals surface area contributed by atoms with Gasteiger partial charge < -0.3 is 11.1 Å². The number of carbonyl (C=O) groups is 1. The van der Waals surface area contributed by atoms with Crippen LogP contribution in [0.1, 0.15) is 31.9 Å². The number of nitrogens with two attached hydrogens (primary N) is 1. The molecule has 0 radical (unpaired) electrons.